The molecule has 0 aromatic heterocycles. The zero-order chi connectivity index (χ0) is 20.1. The van der Waals surface area contributed by atoms with Gasteiger partial charge in [-0.3, -0.25) is 4.99 Å². The van der Waals surface area contributed by atoms with Crippen molar-refractivity contribution in [2.75, 3.05) is 0 Å². The molecule has 2 fully saturated rings. The summed E-state index contributed by atoms with van der Waals surface area (Å²) >= 11 is 0. The minimum atomic E-state index is 0.511. The molecule has 2 saturated carbocycles. The Morgan fingerprint density at radius 3 is 2.43 bits per heavy atom. The van der Waals surface area contributed by atoms with Gasteiger partial charge in [0.05, 0.1) is 5.71 Å². The number of hydrogen-bond donors (Lipinski definition) is 1. The van der Waals surface area contributed by atoms with E-state index < -0.39 is 0 Å². The van der Waals surface area contributed by atoms with Crippen LogP contribution < -0.4 is 0 Å². The maximum absolute atomic E-state index is 8.53. The topological polar surface area (TPSA) is 36.2 Å². The van der Waals surface area contributed by atoms with Crippen molar-refractivity contribution in [1.29, 1.82) is 5.41 Å². The van der Waals surface area contributed by atoms with Crippen molar-refractivity contribution in [3.05, 3.63) is 59.3 Å². The summed E-state index contributed by atoms with van der Waals surface area (Å²) in [5.74, 6) is 3.63. The molecule has 0 radical (unpaired) electrons. The Morgan fingerprint density at radius 2 is 1.86 bits per heavy atom. The third-order valence-corrected chi connectivity index (χ3v) is 6.60. The zero-order valence-corrected chi connectivity index (χ0v) is 17.8. The molecule has 1 atom stereocenters. The third kappa shape index (κ3) is 5.77. The van der Waals surface area contributed by atoms with E-state index in [1.54, 1.807) is 0 Å². The minimum absolute atomic E-state index is 0.511. The van der Waals surface area contributed by atoms with Crippen molar-refractivity contribution in [3.8, 4) is 0 Å². The molecule has 0 amide bonds. The van der Waals surface area contributed by atoms with Gasteiger partial charge < -0.3 is 5.41 Å². The van der Waals surface area contributed by atoms with E-state index in [1.165, 1.54) is 36.8 Å². The van der Waals surface area contributed by atoms with Crippen LogP contribution in [0.25, 0.3) is 0 Å². The van der Waals surface area contributed by atoms with Gasteiger partial charge in [0.15, 0.2) is 0 Å². The molecular weight excluding hydrogens is 340 g/mol. The lowest BCUT2D eigenvalue weighted by atomic mass is 9.87. The molecule has 28 heavy (non-hydrogen) atoms. The van der Waals surface area contributed by atoms with Crippen LogP contribution >= 0.6 is 0 Å². The monoisotopic (exact) mass is 376 g/mol. The Kier molecular flexibility index (Phi) is 7.04. The molecule has 1 aromatic carbocycles. The fourth-order valence-corrected chi connectivity index (χ4v) is 4.10. The fraction of sp³-hybridized carbons (Fsp3) is 0.538. The van der Waals surface area contributed by atoms with Crippen LogP contribution in [0.3, 0.4) is 0 Å². The van der Waals surface area contributed by atoms with Gasteiger partial charge in [0, 0.05) is 6.20 Å². The van der Waals surface area contributed by atoms with Gasteiger partial charge in [0.1, 0.15) is 0 Å². The maximum Gasteiger partial charge on any atom is 0.0609 e. The quantitative estimate of drug-likeness (QED) is 0.410. The van der Waals surface area contributed by atoms with Crippen LogP contribution in [-0.2, 0) is 6.42 Å². The summed E-state index contributed by atoms with van der Waals surface area (Å²) in [5, 5.41) is 8.53. The van der Waals surface area contributed by atoms with Crippen molar-refractivity contribution >= 4 is 12.4 Å². The molecule has 0 spiro atoms. The van der Waals surface area contributed by atoms with E-state index in [2.05, 4.69) is 68.9 Å². The van der Waals surface area contributed by atoms with Crippen LogP contribution in [-0.4, -0.2) is 12.4 Å². The summed E-state index contributed by atoms with van der Waals surface area (Å²) < 4.78 is 0. The Hall–Kier alpha value is -1.96. The third-order valence-electron chi connectivity index (χ3n) is 6.60. The second-order valence-electron chi connectivity index (χ2n) is 9.14. The average molecular weight is 377 g/mol. The molecule has 1 unspecified atom stereocenters. The molecule has 3 rings (SSSR count). The van der Waals surface area contributed by atoms with E-state index in [-0.39, 0.29) is 0 Å². The van der Waals surface area contributed by atoms with Gasteiger partial charge in [-0.05, 0) is 104 Å². The summed E-state index contributed by atoms with van der Waals surface area (Å²) in [6.45, 7) is 10.4. The molecule has 0 heterocycles. The number of nitrogens with one attached hydrogen (secondary N) is 1. The summed E-state index contributed by atoms with van der Waals surface area (Å²) in [6, 6.07) is 8.52. The Labute approximate surface area is 171 Å². The molecular formula is C26H36N2. The van der Waals surface area contributed by atoms with E-state index in [4.69, 9.17) is 5.41 Å². The van der Waals surface area contributed by atoms with Gasteiger partial charge in [0.2, 0.25) is 0 Å². The first-order valence-electron chi connectivity index (χ1n) is 11.0. The molecule has 1 N–H and O–H groups in total. The van der Waals surface area contributed by atoms with E-state index in [9.17, 15) is 0 Å². The predicted octanol–water partition coefficient (Wildman–Crippen LogP) is 6.86. The maximum atomic E-state index is 8.53. The Balaban J connectivity index is 1.62. The van der Waals surface area contributed by atoms with Crippen molar-refractivity contribution in [1.82, 2.24) is 0 Å². The lowest BCUT2D eigenvalue weighted by molar-refractivity contribution is 0.465. The summed E-state index contributed by atoms with van der Waals surface area (Å²) in [4.78, 5) is 4.02. The predicted molar refractivity (Wildman–Crippen MR) is 121 cm³/mol. The molecule has 0 bridgehead atoms. The normalized spacial score (nSPS) is 18.8. The number of aliphatic imine (C=N–C) groups is 1. The first kappa shape index (κ1) is 20.8. The van der Waals surface area contributed by atoms with Crippen molar-refractivity contribution in [3.63, 3.8) is 0 Å². The van der Waals surface area contributed by atoms with Crippen LogP contribution in [0.4, 0.5) is 0 Å². The highest BCUT2D eigenvalue weighted by Crippen LogP contribution is 2.49. The van der Waals surface area contributed by atoms with Gasteiger partial charge in [0.25, 0.3) is 0 Å². The minimum Gasteiger partial charge on any atom is -0.300 e. The lowest BCUT2D eigenvalue weighted by Crippen LogP contribution is -2.08. The first-order valence-corrected chi connectivity index (χ1v) is 11.0. The fourth-order valence-electron chi connectivity index (χ4n) is 4.10. The summed E-state index contributed by atoms with van der Waals surface area (Å²) in [6.07, 6.45) is 13.9. The molecule has 150 valence electrons. The Bertz CT molecular complexity index is 735. The molecule has 2 aliphatic rings. The van der Waals surface area contributed by atoms with E-state index in [0.717, 1.165) is 36.2 Å². The van der Waals surface area contributed by atoms with Crippen LogP contribution in [0.5, 0.6) is 0 Å². The van der Waals surface area contributed by atoms with E-state index >= 15 is 0 Å². The molecule has 2 nitrogen and oxygen atoms in total. The average Bonchev–Trinajstić information content (AvgIpc) is 3.59. The van der Waals surface area contributed by atoms with Crippen LogP contribution in [0, 0.1) is 35.0 Å². The van der Waals surface area contributed by atoms with Crippen molar-refractivity contribution < 1.29 is 0 Å². The second-order valence-corrected chi connectivity index (χ2v) is 9.14. The molecule has 2 heteroatoms. The van der Waals surface area contributed by atoms with Crippen LogP contribution in [0.2, 0.25) is 0 Å². The first-order chi connectivity index (χ1) is 13.5. The zero-order valence-electron chi connectivity index (χ0n) is 17.8. The van der Waals surface area contributed by atoms with Crippen molar-refractivity contribution in [2.24, 2.45) is 34.6 Å². The van der Waals surface area contributed by atoms with Crippen molar-refractivity contribution in [2.45, 2.75) is 59.3 Å². The van der Waals surface area contributed by atoms with Gasteiger partial charge >= 0.3 is 0 Å². The van der Waals surface area contributed by atoms with E-state index in [1.807, 2.05) is 6.20 Å². The highest BCUT2D eigenvalue weighted by atomic mass is 14.6. The molecule has 1 aromatic rings. The van der Waals surface area contributed by atoms with Crippen LogP contribution in [0.15, 0.2) is 53.2 Å². The number of rotatable bonds is 11. The number of hydrogen-bond acceptors (Lipinski definition) is 2. The number of allylic oxidation sites excluding steroid dienone is 3. The number of nitrogens with zero attached hydrogens (tertiary/aromatic N) is 1. The summed E-state index contributed by atoms with van der Waals surface area (Å²) in [5.41, 5.74) is 4.33. The number of aryl methyl sites for hydroxylation is 1. The lowest BCUT2D eigenvalue weighted by Gasteiger charge is -2.19. The Morgan fingerprint density at radius 1 is 1.18 bits per heavy atom. The second kappa shape index (κ2) is 9.49. The van der Waals surface area contributed by atoms with Gasteiger partial charge in [-0.2, -0.15) is 0 Å². The standard InChI is InChI=1S/C26H36N2/c1-18(2)19(3)24(17-28-4)9-8-20-6-5-7-23(16-20)26(27)15-14-25(21-10-11-21)22-12-13-22/h5-7,14-19,21-22,25,27H,4,8-13H2,1-3H3/b15-14+,24-17+,27-26?. The van der Waals surface area contributed by atoms with E-state index in [0.29, 0.717) is 17.5 Å². The van der Waals surface area contributed by atoms with Gasteiger partial charge in [-0.25, -0.2) is 0 Å². The highest BCUT2D eigenvalue weighted by Gasteiger charge is 2.39. The summed E-state index contributed by atoms with van der Waals surface area (Å²) in [7, 11) is 0. The van der Waals surface area contributed by atoms with Gasteiger partial charge in [-0.15, -0.1) is 0 Å². The van der Waals surface area contributed by atoms with Gasteiger partial charge in [-0.1, -0.05) is 45.0 Å². The highest BCUT2D eigenvalue weighted by molar-refractivity contribution is 6.06. The van der Waals surface area contributed by atoms with Crippen LogP contribution in [0.1, 0.15) is 64.0 Å². The molecule has 2 aliphatic carbocycles. The molecule has 0 saturated heterocycles. The number of benzene rings is 1. The SMILES string of the molecule is C=N/C=C(\CCc1cccc(C(=N)/C=C/C(C2CC2)C2CC2)c1)C(C)C(C)C. The molecule has 0 aliphatic heterocycles. The largest absolute Gasteiger partial charge is 0.300 e. The smallest absolute Gasteiger partial charge is 0.0609 e.